The van der Waals surface area contributed by atoms with Crippen molar-refractivity contribution in [2.24, 2.45) is 0 Å². The third-order valence-electron chi connectivity index (χ3n) is 7.55. The van der Waals surface area contributed by atoms with E-state index in [1.807, 2.05) is 22.6 Å². The van der Waals surface area contributed by atoms with Crippen molar-refractivity contribution in [2.75, 3.05) is 26.2 Å². The highest BCUT2D eigenvalue weighted by molar-refractivity contribution is 7.20. The molecule has 7 nitrogen and oxygen atoms in total. The molecule has 10 heteroatoms. The van der Waals surface area contributed by atoms with Crippen molar-refractivity contribution >= 4 is 33.4 Å². The molecule has 2 aromatic rings. The minimum absolute atomic E-state index is 0.0359. The Bertz CT molecular complexity index is 1040. The van der Waals surface area contributed by atoms with E-state index in [9.17, 15) is 18.4 Å². The molecule has 3 fully saturated rings. The van der Waals surface area contributed by atoms with Gasteiger partial charge in [-0.15, -0.1) is 11.3 Å². The van der Waals surface area contributed by atoms with E-state index in [-0.39, 0.29) is 36.7 Å². The number of hydrogen-bond acceptors (Lipinski definition) is 5. The van der Waals surface area contributed by atoms with Crippen LogP contribution in [0.2, 0.25) is 0 Å². The molecule has 2 aromatic heterocycles. The second-order valence-electron chi connectivity index (χ2n) is 9.78. The zero-order valence-electron chi connectivity index (χ0n) is 19.1. The van der Waals surface area contributed by atoms with E-state index in [0.717, 1.165) is 54.9 Å². The highest BCUT2D eigenvalue weighted by Crippen LogP contribution is 2.41. The number of fused-ring (bicyclic) bond motifs is 1. The van der Waals surface area contributed by atoms with Crippen molar-refractivity contribution in [3.63, 3.8) is 0 Å². The van der Waals surface area contributed by atoms with Gasteiger partial charge in [0.15, 0.2) is 0 Å². The first-order valence-corrected chi connectivity index (χ1v) is 12.7. The van der Waals surface area contributed by atoms with E-state index in [1.54, 1.807) is 6.92 Å². The lowest BCUT2D eigenvalue weighted by atomic mass is 9.85. The van der Waals surface area contributed by atoms with Gasteiger partial charge in [-0.25, -0.2) is 8.78 Å². The van der Waals surface area contributed by atoms with Gasteiger partial charge in [-0.3, -0.25) is 19.2 Å². The summed E-state index contributed by atoms with van der Waals surface area (Å²) in [6.07, 6.45) is 2.46. The third kappa shape index (κ3) is 4.51. The molecule has 2 amide bonds. The normalized spacial score (nSPS) is 26.4. The second kappa shape index (κ2) is 8.61. The molecule has 2 aliphatic carbocycles. The Balaban J connectivity index is 1.18. The van der Waals surface area contributed by atoms with Crippen molar-refractivity contribution in [3.8, 4) is 0 Å². The Morgan fingerprint density at radius 1 is 1.12 bits per heavy atom. The number of nitrogens with zero attached hydrogens (tertiary/aromatic N) is 4. The lowest BCUT2D eigenvalue weighted by Crippen LogP contribution is -2.58. The molecule has 1 N–H and O–H groups in total. The van der Waals surface area contributed by atoms with Crippen LogP contribution in [0.1, 0.15) is 66.9 Å². The average Bonchev–Trinajstić information content (AvgIpc) is 3.31. The Hall–Kier alpha value is -2.07. The minimum Gasteiger partial charge on any atom is -0.348 e. The summed E-state index contributed by atoms with van der Waals surface area (Å²) in [6.45, 7) is 6.87. The average molecular weight is 480 g/mol. The third-order valence-corrected chi connectivity index (χ3v) is 8.67. The van der Waals surface area contributed by atoms with Crippen LogP contribution in [0.5, 0.6) is 0 Å². The highest BCUT2D eigenvalue weighted by atomic mass is 32.1. The molecule has 0 atom stereocenters. The number of rotatable bonds is 4. The number of amides is 2. The highest BCUT2D eigenvalue weighted by Gasteiger charge is 2.38. The number of nitrogens with one attached hydrogen (secondary N) is 1. The molecule has 0 bridgehead atoms. The molecule has 1 saturated heterocycles. The fourth-order valence-corrected chi connectivity index (χ4v) is 6.50. The van der Waals surface area contributed by atoms with Crippen molar-refractivity contribution < 1.29 is 18.4 Å². The van der Waals surface area contributed by atoms with Crippen LogP contribution in [0.25, 0.3) is 10.2 Å². The summed E-state index contributed by atoms with van der Waals surface area (Å²) in [6, 6.07) is 2.48. The standard InChI is InChI=1S/C23H31F2N5O2S/c1-14-19-13-20(33-22(19)30(27-14)17-3-5-23(24,25)6-4-17)21(32)26-16-11-18(12-16)29-9-7-28(8-10-29)15(2)31/h13,16-18H,3-12H2,1-2H3,(H,26,32). The summed E-state index contributed by atoms with van der Waals surface area (Å²) in [5.41, 5.74) is 0.839. The smallest absolute Gasteiger partial charge is 0.261 e. The van der Waals surface area contributed by atoms with Crippen LogP contribution >= 0.6 is 11.3 Å². The molecule has 2 saturated carbocycles. The maximum absolute atomic E-state index is 13.6. The lowest BCUT2D eigenvalue weighted by Gasteiger charge is -2.46. The minimum atomic E-state index is -2.57. The Morgan fingerprint density at radius 3 is 2.42 bits per heavy atom. The summed E-state index contributed by atoms with van der Waals surface area (Å²) >= 11 is 1.41. The fraction of sp³-hybridized carbons (Fsp3) is 0.696. The summed E-state index contributed by atoms with van der Waals surface area (Å²) < 4.78 is 29.0. The van der Waals surface area contributed by atoms with Gasteiger partial charge < -0.3 is 10.2 Å². The molecule has 0 radical (unpaired) electrons. The van der Waals surface area contributed by atoms with Gasteiger partial charge in [0, 0.05) is 63.4 Å². The van der Waals surface area contributed by atoms with Gasteiger partial charge in [0.2, 0.25) is 11.8 Å². The lowest BCUT2D eigenvalue weighted by molar-refractivity contribution is -0.131. The van der Waals surface area contributed by atoms with Gasteiger partial charge >= 0.3 is 0 Å². The zero-order valence-corrected chi connectivity index (χ0v) is 20.0. The van der Waals surface area contributed by atoms with Crippen LogP contribution in [-0.2, 0) is 4.79 Å². The van der Waals surface area contributed by atoms with Crippen LogP contribution in [0, 0.1) is 6.92 Å². The van der Waals surface area contributed by atoms with Gasteiger partial charge in [-0.2, -0.15) is 5.10 Å². The Morgan fingerprint density at radius 2 is 1.79 bits per heavy atom. The van der Waals surface area contributed by atoms with Crippen molar-refractivity contribution in [1.29, 1.82) is 0 Å². The zero-order chi connectivity index (χ0) is 23.3. The molecule has 0 unspecified atom stereocenters. The fourth-order valence-electron chi connectivity index (χ4n) is 5.36. The van der Waals surface area contributed by atoms with Gasteiger partial charge in [-0.1, -0.05) is 0 Å². The number of alkyl halides is 2. The number of piperazine rings is 1. The predicted molar refractivity (Wildman–Crippen MR) is 123 cm³/mol. The number of carbonyl (C=O) groups is 2. The van der Waals surface area contributed by atoms with E-state index in [0.29, 0.717) is 23.8 Å². The first-order chi connectivity index (χ1) is 15.7. The first kappa shape index (κ1) is 22.7. The molecule has 0 spiro atoms. The molecule has 3 heterocycles. The van der Waals surface area contributed by atoms with Crippen LogP contribution in [0.4, 0.5) is 8.78 Å². The monoisotopic (exact) mass is 479 g/mol. The maximum atomic E-state index is 13.6. The number of hydrogen-bond donors (Lipinski definition) is 1. The van der Waals surface area contributed by atoms with Crippen molar-refractivity contribution in [2.45, 2.75) is 76.4 Å². The Kier molecular flexibility index (Phi) is 5.93. The van der Waals surface area contributed by atoms with Crippen LogP contribution < -0.4 is 5.32 Å². The molecular weight excluding hydrogens is 448 g/mol. The number of halogens is 2. The molecule has 5 rings (SSSR count). The molecule has 0 aromatic carbocycles. The van der Waals surface area contributed by atoms with Crippen LogP contribution in [-0.4, -0.2) is 75.6 Å². The number of aryl methyl sites for hydroxylation is 1. The summed E-state index contributed by atoms with van der Waals surface area (Å²) in [4.78, 5) is 30.3. The van der Waals surface area contributed by atoms with E-state index in [2.05, 4.69) is 15.3 Å². The van der Waals surface area contributed by atoms with Gasteiger partial charge in [0.1, 0.15) is 4.83 Å². The summed E-state index contributed by atoms with van der Waals surface area (Å²) in [7, 11) is 0. The number of aromatic nitrogens is 2. The van der Waals surface area contributed by atoms with Crippen LogP contribution in [0.3, 0.4) is 0 Å². The first-order valence-electron chi connectivity index (χ1n) is 11.9. The largest absolute Gasteiger partial charge is 0.348 e. The van der Waals surface area contributed by atoms with Gasteiger partial charge in [0.05, 0.1) is 16.6 Å². The molecule has 180 valence electrons. The van der Waals surface area contributed by atoms with Gasteiger partial charge in [-0.05, 0) is 38.7 Å². The maximum Gasteiger partial charge on any atom is 0.261 e. The van der Waals surface area contributed by atoms with E-state index >= 15 is 0 Å². The molecular formula is C23H31F2N5O2S. The summed E-state index contributed by atoms with van der Waals surface area (Å²) in [5.74, 6) is -2.50. The number of thiophene rings is 1. The predicted octanol–water partition coefficient (Wildman–Crippen LogP) is 3.58. The van der Waals surface area contributed by atoms with E-state index < -0.39 is 5.92 Å². The van der Waals surface area contributed by atoms with Crippen LogP contribution in [0.15, 0.2) is 6.07 Å². The quantitative estimate of drug-likeness (QED) is 0.728. The van der Waals surface area contributed by atoms with Crippen molar-refractivity contribution in [3.05, 3.63) is 16.6 Å². The second-order valence-corrected chi connectivity index (χ2v) is 10.8. The molecule has 1 aliphatic heterocycles. The Labute approximate surface area is 196 Å². The van der Waals surface area contributed by atoms with Gasteiger partial charge in [0.25, 0.3) is 5.91 Å². The molecule has 3 aliphatic rings. The van der Waals surface area contributed by atoms with E-state index in [4.69, 9.17) is 0 Å². The van der Waals surface area contributed by atoms with E-state index in [1.165, 1.54) is 11.3 Å². The molecule has 33 heavy (non-hydrogen) atoms. The SMILES string of the molecule is CC(=O)N1CCN(C2CC(NC(=O)c3cc4c(C)nn(C5CCC(F)(F)CC5)c4s3)C2)CC1. The number of carbonyl (C=O) groups excluding carboxylic acids is 2. The summed E-state index contributed by atoms with van der Waals surface area (Å²) in [5, 5.41) is 8.71. The topological polar surface area (TPSA) is 70.5 Å². The van der Waals surface area contributed by atoms with Crippen molar-refractivity contribution in [1.82, 2.24) is 24.9 Å².